The summed E-state index contributed by atoms with van der Waals surface area (Å²) in [6.07, 6.45) is 3.93. The molecule has 1 spiro atoms. The van der Waals surface area contributed by atoms with Crippen molar-refractivity contribution in [3.63, 3.8) is 0 Å². The molecule has 2 aliphatic heterocycles. The van der Waals surface area contributed by atoms with Crippen molar-refractivity contribution in [2.75, 3.05) is 19.6 Å². The Hall–Kier alpha value is -2.86. The van der Waals surface area contributed by atoms with Crippen molar-refractivity contribution < 1.29 is 14.3 Å². The molecule has 0 bridgehead atoms. The highest BCUT2D eigenvalue weighted by Crippen LogP contribution is 2.36. The number of unbranched alkanes of at least 4 members (excludes halogenated alkanes) is 1. The van der Waals surface area contributed by atoms with E-state index in [1.165, 1.54) is 5.56 Å². The molecule has 2 saturated heterocycles. The van der Waals surface area contributed by atoms with Crippen LogP contribution in [-0.2, 0) is 16.1 Å². The molecule has 6 heteroatoms. The lowest BCUT2D eigenvalue weighted by Crippen LogP contribution is -2.73. The van der Waals surface area contributed by atoms with Gasteiger partial charge in [-0.3, -0.25) is 14.5 Å². The van der Waals surface area contributed by atoms with Crippen molar-refractivity contribution in [2.45, 2.75) is 77.9 Å². The number of hydrogen-bond acceptors (Lipinski definition) is 4. The Labute approximate surface area is 216 Å². The van der Waals surface area contributed by atoms with Gasteiger partial charge < -0.3 is 15.0 Å². The van der Waals surface area contributed by atoms with Gasteiger partial charge in [0, 0.05) is 26.2 Å². The highest BCUT2D eigenvalue weighted by atomic mass is 16.5. The number of benzene rings is 2. The molecule has 2 heterocycles. The largest absolute Gasteiger partial charge is 0.457 e. The van der Waals surface area contributed by atoms with Crippen LogP contribution in [0.15, 0.2) is 54.6 Å². The fourth-order valence-corrected chi connectivity index (χ4v) is 5.39. The van der Waals surface area contributed by atoms with Crippen molar-refractivity contribution in [3.8, 4) is 11.5 Å². The first-order chi connectivity index (χ1) is 17.2. The fraction of sp³-hybridized carbons (Fsp3) is 0.533. The Morgan fingerprint density at radius 2 is 1.61 bits per heavy atom. The molecule has 1 atom stereocenters. The van der Waals surface area contributed by atoms with Crippen LogP contribution in [0.4, 0.5) is 0 Å². The fourth-order valence-electron chi connectivity index (χ4n) is 5.39. The maximum atomic E-state index is 13.5. The number of piperidine rings is 1. The van der Waals surface area contributed by atoms with E-state index < -0.39 is 11.6 Å². The van der Waals surface area contributed by atoms with E-state index >= 15 is 0 Å². The van der Waals surface area contributed by atoms with E-state index in [-0.39, 0.29) is 17.2 Å². The minimum Gasteiger partial charge on any atom is -0.457 e. The topological polar surface area (TPSA) is 61.9 Å². The number of piperazine rings is 1. The third kappa shape index (κ3) is 6.09. The molecule has 0 saturated carbocycles. The number of amides is 2. The predicted octanol–water partition coefficient (Wildman–Crippen LogP) is 5.38. The Morgan fingerprint density at radius 3 is 2.22 bits per heavy atom. The summed E-state index contributed by atoms with van der Waals surface area (Å²) in [5.41, 5.74) is 0.466. The molecule has 2 fully saturated rings. The van der Waals surface area contributed by atoms with E-state index in [0.717, 1.165) is 44.0 Å². The lowest BCUT2D eigenvalue weighted by Gasteiger charge is -2.52. The zero-order valence-corrected chi connectivity index (χ0v) is 22.3. The van der Waals surface area contributed by atoms with Crippen molar-refractivity contribution in [3.05, 3.63) is 60.2 Å². The molecule has 2 aliphatic rings. The molecule has 36 heavy (non-hydrogen) atoms. The van der Waals surface area contributed by atoms with Crippen LogP contribution in [-0.4, -0.2) is 52.8 Å². The summed E-state index contributed by atoms with van der Waals surface area (Å²) in [6, 6.07) is 17.6. The summed E-state index contributed by atoms with van der Waals surface area (Å²) in [6.45, 7) is 11.5. The second-order valence-corrected chi connectivity index (χ2v) is 11.5. The van der Waals surface area contributed by atoms with E-state index in [1.54, 1.807) is 0 Å². The number of hydrogen-bond donors (Lipinski definition) is 1. The minimum absolute atomic E-state index is 0.0282. The molecule has 2 aromatic rings. The van der Waals surface area contributed by atoms with E-state index in [4.69, 9.17) is 4.74 Å². The standard InChI is InChI=1S/C30H41N3O3/c1-5-6-18-33-27(34)26(21-29(2,3)4)31-28(35)30(33)16-19-32(20-17-30)22-23-12-14-25(15-13-23)36-24-10-8-7-9-11-24/h7-15,26H,5-6,16-22H2,1-4H3,(H,31,35)/t26-/m0/s1. The zero-order valence-electron chi connectivity index (χ0n) is 22.3. The second-order valence-electron chi connectivity index (χ2n) is 11.5. The number of nitrogens with zero attached hydrogens (tertiary/aromatic N) is 2. The zero-order chi connectivity index (χ0) is 25.8. The van der Waals surface area contributed by atoms with E-state index in [9.17, 15) is 9.59 Å². The second kappa shape index (κ2) is 11.0. The molecule has 2 amide bonds. The van der Waals surface area contributed by atoms with Crippen LogP contribution < -0.4 is 10.1 Å². The summed E-state index contributed by atoms with van der Waals surface area (Å²) < 4.78 is 5.91. The maximum absolute atomic E-state index is 13.5. The Kier molecular flexibility index (Phi) is 8.04. The van der Waals surface area contributed by atoms with Gasteiger partial charge in [0.25, 0.3) is 0 Å². The molecule has 6 nitrogen and oxygen atoms in total. The van der Waals surface area contributed by atoms with Crippen molar-refractivity contribution in [2.24, 2.45) is 5.41 Å². The highest BCUT2D eigenvalue weighted by Gasteiger charge is 2.53. The van der Waals surface area contributed by atoms with Gasteiger partial charge in [0.15, 0.2) is 0 Å². The summed E-state index contributed by atoms with van der Waals surface area (Å²) in [5.74, 6) is 1.77. The summed E-state index contributed by atoms with van der Waals surface area (Å²) >= 11 is 0. The van der Waals surface area contributed by atoms with Gasteiger partial charge in [-0.2, -0.15) is 0 Å². The molecule has 4 rings (SSSR count). The normalized spacial score (nSPS) is 20.4. The quantitative estimate of drug-likeness (QED) is 0.539. The third-order valence-corrected chi connectivity index (χ3v) is 7.35. The molecular formula is C30H41N3O3. The van der Waals surface area contributed by atoms with Crippen LogP contribution in [0.1, 0.15) is 65.4 Å². The molecule has 0 aliphatic carbocycles. The summed E-state index contributed by atoms with van der Waals surface area (Å²) in [4.78, 5) is 31.4. The van der Waals surface area contributed by atoms with Crippen molar-refractivity contribution in [1.82, 2.24) is 15.1 Å². The van der Waals surface area contributed by atoms with Crippen LogP contribution >= 0.6 is 0 Å². The third-order valence-electron chi connectivity index (χ3n) is 7.35. The lowest BCUT2D eigenvalue weighted by molar-refractivity contribution is -0.162. The number of carbonyl (C=O) groups excluding carboxylic acids is 2. The minimum atomic E-state index is -0.718. The molecule has 1 N–H and O–H groups in total. The highest BCUT2D eigenvalue weighted by molar-refractivity contribution is 6.00. The van der Waals surface area contributed by atoms with Crippen molar-refractivity contribution >= 4 is 11.8 Å². The van der Waals surface area contributed by atoms with Crippen molar-refractivity contribution in [1.29, 1.82) is 0 Å². The van der Waals surface area contributed by atoms with Crippen LogP contribution in [0.25, 0.3) is 0 Å². The predicted molar refractivity (Wildman–Crippen MR) is 143 cm³/mol. The molecule has 0 unspecified atom stereocenters. The van der Waals surface area contributed by atoms with Crippen LogP contribution in [0.5, 0.6) is 11.5 Å². The van der Waals surface area contributed by atoms with Gasteiger partial charge in [-0.1, -0.05) is 64.4 Å². The summed E-state index contributed by atoms with van der Waals surface area (Å²) in [7, 11) is 0. The SMILES string of the molecule is CCCCN1C(=O)[C@H](CC(C)(C)C)NC(=O)C12CCN(Cc1ccc(Oc3ccccc3)cc1)CC2. The van der Waals surface area contributed by atoms with Gasteiger partial charge in [-0.05, 0) is 60.9 Å². The number of rotatable bonds is 8. The van der Waals surface area contributed by atoms with Gasteiger partial charge in [0.1, 0.15) is 23.1 Å². The van der Waals surface area contributed by atoms with Gasteiger partial charge in [0.2, 0.25) is 11.8 Å². The van der Waals surface area contributed by atoms with Crippen LogP contribution in [0.3, 0.4) is 0 Å². The van der Waals surface area contributed by atoms with Gasteiger partial charge in [0.05, 0.1) is 0 Å². The maximum Gasteiger partial charge on any atom is 0.246 e. The van der Waals surface area contributed by atoms with Crippen LogP contribution in [0.2, 0.25) is 0 Å². The van der Waals surface area contributed by atoms with E-state index in [1.807, 2.05) is 47.4 Å². The first-order valence-corrected chi connectivity index (χ1v) is 13.4. The smallest absolute Gasteiger partial charge is 0.246 e. The molecular weight excluding hydrogens is 450 g/mol. The molecule has 0 aromatic heterocycles. The monoisotopic (exact) mass is 491 g/mol. The average molecular weight is 492 g/mol. The number of likely N-dealkylation sites (tertiary alicyclic amines) is 1. The van der Waals surface area contributed by atoms with E-state index in [0.29, 0.717) is 25.8 Å². The van der Waals surface area contributed by atoms with E-state index in [2.05, 4.69) is 50.0 Å². The lowest BCUT2D eigenvalue weighted by atomic mass is 9.79. The first kappa shape index (κ1) is 26.2. The van der Waals surface area contributed by atoms with Gasteiger partial charge in [-0.25, -0.2) is 0 Å². The first-order valence-electron chi connectivity index (χ1n) is 13.4. The number of para-hydroxylation sites is 1. The number of carbonyl (C=O) groups is 2. The average Bonchev–Trinajstić information content (AvgIpc) is 2.85. The van der Waals surface area contributed by atoms with Gasteiger partial charge in [-0.15, -0.1) is 0 Å². The summed E-state index contributed by atoms with van der Waals surface area (Å²) in [5, 5.41) is 3.12. The molecule has 0 radical (unpaired) electrons. The Bertz CT molecular complexity index is 1020. The number of nitrogens with one attached hydrogen (secondary N) is 1. The Morgan fingerprint density at radius 1 is 0.972 bits per heavy atom. The van der Waals surface area contributed by atoms with Gasteiger partial charge >= 0.3 is 0 Å². The van der Waals surface area contributed by atoms with Crippen LogP contribution in [0, 0.1) is 5.41 Å². The number of ether oxygens (including phenoxy) is 1. The Balaban J connectivity index is 1.39. The molecule has 194 valence electrons. The molecule has 2 aromatic carbocycles.